The van der Waals surface area contributed by atoms with Gasteiger partial charge >= 0.3 is 0 Å². The normalized spacial score (nSPS) is 21.5. The number of hydrogen-bond donors (Lipinski definition) is 2. The number of nitrogens with zero attached hydrogens (tertiary/aromatic N) is 1. The molecule has 0 spiro atoms. The molecule has 1 unspecified atom stereocenters. The first-order valence-corrected chi connectivity index (χ1v) is 4.94. The smallest absolute Gasteiger partial charge is 0.231 e. The lowest BCUT2D eigenvalue weighted by atomic mass is 10.3. The second-order valence-corrected chi connectivity index (χ2v) is 3.49. The average molecular weight is 221 g/mol. The molecule has 2 heterocycles. The van der Waals surface area contributed by atoms with Crippen LogP contribution in [0.1, 0.15) is 0 Å². The molecule has 0 bridgehead atoms. The van der Waals surface area contributed by atoms with Gasteiger partial charge in [0.2, 0.25) is 6.79 Å². The molecule has 6 nitrogen and oxygen atoms in total. The first-order valence-electron chi connectivity index (χ1n) is 4.94. The number of hydrogen-bond acceptors (Lipinski definition) is 6. The molecule has 0 aromatic heterocycles. The molecule has 1 aromatic carbocycles. The molecule has 84 valence electrons. The Hall–Kier alpha value is -2.11. The zero-order chi connectivity index (χ0) is 11.0. The minimum absolute atomic E-state index is 0.208. The third-order valence-electron chi connectivity index (χ3n) is 2.36. The first kappa shape index (κ1) is 9.14. The van der Waals surface area contributed by atoms with Gasteiger partial charge < -0.3 is 25.3 Å². The number of rotatable bonds is 2. The average Bonchev–Trinajstić information content (AvgIpc) is 2.87. The molecule has 1 aromatic rings. The van der Waals surface area contributed by atoms with Crippen molar-refractivity contribution in [2.24, 2.45) is 10.7 Å². The second kappa shape index (κ2) is 3.48. The van der Waals surface area contributed by atoms with Crippen molar-refractivity contribution in [2.75, 3.05) is 13.3 Å². The van der Waals surface area contributed by atoms with Crippen LogP contribution in [-0.2, 0) is 0 Å². The van der Waals surface area contributed by atoms with Gasteiger partial charge in [0.15, 0.2) is 23.7 Å². The Labute approximate surface area is 92.0 Å². The van der Waals surface area contributed by atoms with Crippen LogP contribution in [0.15, 0.2) is 23.2 Å². The largest absolute Gasteiger partial charge is 0.469 e. The third-order valence-corrected chi connectivity index (χ3v) is 2.36. The van der Waals surface area contributed by atoms with Crippen molar-refractivity contribution in [1.29, 1.82) is 0 Å². The highest BCUT2D eigenvalue weighted by molar-refractivity contribution is 5.79. The molecule has 1 atom stereocenters. The van der Waals surface area contributed by atoms with E-state index in [0.717, 1.165) is 5.75 Å². The van der Waals surface area contributed by atoms with Gasteiger partial charge in [0.1, 0.15) is 5.75 Å². The summed E-state index contributed by atoms with van der Waals surface area (Å²) in [5.74, 6) is 2.55. The van der Waals surface area contributed by atoms with Gasteiger partial charge in [-0.25, -0.2) is 4.99 Å². The summed E-state index contributed by atoms with van der Waals surface area (Å²) in [6.07, 6.45) is -0.208. The van der Waals surface area contributed by atoms with E-state index in [4.69, 9.17) is 19.9 Å². The maximum atomic E-state index is 5.63. The number of aliphatic imine (C=N–C) groups is 1. The number of benzene rings is 1. The van der Waals surface area contributed by atoms with Gasteiger partial charge in [-0.3, -0.25) is 0 Å². The highest BCUT2D eigenvalue weighted by Crippen LogP contribution is 2.35. The van der Waals surface area contributed by atoms with Crippen LogP contribution in [0.25, 0.3) is 0 Å². The highest BCUT2D eigenvalue weighted by Gasteiger charge is 2.19. The topological polar surface area (TPSA) is 78.1 Å². The van der Waals surface area contributed by atoms with E-state index in [1.807, 2.05) is 12.1 Å². The molecule has 0 amide bonds. The van der Waals surface area contributed by atoms with Crippen molar-refractivity contribution in [2.45, 2.75) is 6.23 Å². The van der Waals surface area contributed by atoms with E-state index in [1.165, 1.54) is 0 Å². The fourth-order valence-corrected chi connectivity index (χ4v) is 1.62. The van der Waals surface area contributed by atoms with Crippen molar-refractivity contribution in [3.05, 3.63) is 18.2 Å². The van der Waals surface area contributed by atoms with Gasteiger partial charge in [-0.1, -0.05) is 0 Å². The van der Waals surface area contributed by atoms with Crippen molar-refractivity contribution in [1.82, 2.24) is 5.32 Å². The van der Waals surface area contributed by atoms with Gasteiger partial charge in [0, 0.05) is 6.07 Å². The Bertz CT molecular complexity index is 447. The Morgan fingerprint density at radius 3 is 3.06 bits per heavy atom. The van der Waals surface area contributed by atoms with E-state index >= 15 is 0 Å². The fraction of sp³-hybridized carbons (Fsp3) is 0.300. The number of fused-ring (bicyclic) bond motifs is 1. The van der Waals surface area contributed by atoms with E-state index in [2.05, 4.69) is 10.3 Å². The van der Waals surface area contributed by atoms with Crippen molar-refractivity contribution < 1.29 is 14.2 Å². The summed E-state index contributed by atoms with van der Waals surface area (Å²) < 4.78 is 16.1. The highest BCUT2D eigenvalue weighted by atomic mass is 16.7. The lowest BCUT2D eigenvalue weighted by Gasteiger charge is -2.13. The molecule has 2 aliphatic heterocycles. The van der Waals surface area contributed by atoms with Gasteiger partial charge in [0.25, 0.3) is 0 Å². The molecule has 0 saturated carbocycles. The molecular formula is C10H11N3O3. The van der Waals surface area contributed by atoms with Crippen LogP contribution in [0.2, 0.25) is 0 Å². The summed E-state index contributed by atoms with van der Waals surface area (Å²) in [5.41, 5.74) is 5.48. The van der Waals surface area contributed by atoms with E-state index in [-0.39, 0.29) is 13.0 Å². The predicted molar refractivity (Wildman–Crippen MR) is 56.6 cm³/mol. The minimum Gasteiger partial charge on any atom is -0.469 e. The van der Waals surface area contributed by atoms with Crippen LogP contribution < -0.4 is 25.3 Å². The third kappa shape index (κ3) is 1.58. The molecule has 0 radical (unpaired) electrons. The Morgan fingerprint density at radius 1 is 1.38 bits per heavy atom. The number of guanidine groups is 1. The van der Waals surface area contributed by atoms with Crippen molar-refractivity contribution in [3.63, 3.8) is 0 Å². The summed E-state index contributed by atoms with van der Waals surface area (Å²) in [4.78, 5) is 3.99. The van der Waals surface area contributed by atoms with Crippen LogP contribution in [0.5, 0.6) is 17.2 Å². The van der Waals surface area contributed by atoms with E-state index in [0.29, 0.717) is 24.0 Å². The Kier molecular flexibility index (Phi) is 1.99. The summed E-state index contributed by atoms with van der Waals surface area (Å²) in [6.45, 7) is 0.775. The number of ether oxygens (including phenoxy) is 3. The van der Waals surface area contributed by atoms with Crippen molar-refractivity contribution >= 4 is 5.96 Å². The molecule has 2 aliphatic rings. The number of nitrogens with two attached hydrogens (primary N) is 1. The second-order valence-electron chi connectivity index (χ2n) is 3.49. The summed E-state index contributed by atoms with van der Waals surface area (Å²) in [6, 6.07) is 5.43. The molecule has 0 fully saturated rings. The molecule has 6 heteroatoms. The molecule has 3 rings (SSSR count). The summed E-state index contributed by atoms with van der Waals surface area (Å²) in [5, 5.41) is 2.90. The molecular weight excluding hydrogens is 210 g/mol. The quantitative estimate of drug-likeness (QED) is 0.737. The lowest BCUT2D eigenvalue weighted by molar-refractivity contribution is 0.173. The van der Waals surface area contributed by atoms with E-state index in [1.54, 1.807) is 6.07 Å². The lowest BCUT2D eigenvalue weighted by Crippen LogP contribution is -2.38. The van der Waals surface area contributed by atoms with Gasteiger partial charge in [-0.2, -0.15) is 0 Å². The predicted octanol–water partition coefficient (Wildman–Crippen LogP) is 0.0381. The molecule has 3 N–H and O–H groups in total. The van der Waals surface area contributed by atoms with Crippen molar-refractivity contribution in [3.8, 4) is 17.2 Å². The minimum atomic E-state index is -0.208. The molecule has 0 saturated heterocycles. The molecule has 16 heavy (non-hydrogen) atoms. The van der Waals surface area contributed by atoms with Crippen LogP contribution >= 0.6 is 0 Å². The fourth-order valence-electron chi connectivity index (χ4n) is 1.62. The maximum absolute atomic E-state index is 5.63. The summed E-state index contributed by atoms with van der Waals surface area (Å²) >= 11 is 0. The number of nitrogens with one attached hydrogen (secondary N) is 1. The molecule has 0 aliphatic carbocycles. The summed E-state index contributed by atoms with van der Waals surface area (Å²) in [7, 11) is 0. The first-order chi connectivity index (χ1) is 7.81. The van der Waals surface area contributed by atoms with Gasteiger partial charge in [-0.05, 0) is 12.1 Å². The zero-order valence-corrected chi connectivity index (χ0v) is 8.47. The van der Waals surface area contributed by atoms with Crippen LogP contribution in [0.3, 0.4) is 0 Å². The Balaban J connectivity index is 1.71. The zero-order valence-electron chi connectivity index (χ0n) is 8.47. The monoisotopic (exact) mass is 221 g/mol. The SMILES string of the molecule is NC1=NCC(Oc2ccc3c(c2)OCO3)N1. The van der Waals surface area contributed by atoms with Crippen LogP contribution in [0, 0.1) is 0 Å². The van der Waals surface area contributed by atoms with Gasteiger partial charge in [0.05, 0.1) is 6.54 Å². The van der Waals surface area contributed by atoms with Gasteiger partial charge in [-0.15, -0.1) is 0 Å². The van der Waals surface area contributed by atoms with E-state index in [9.17, 15) is 0 Å². The van der Waals surface area contributed by atoms with Crippen LogP contribution in [-0.4, -0.2) is 25.5 Å². The standard InChI is InChI=1S/C10H11N3O3/c11-10-12-4-9(13-10)16-6-1-2-7-8(3-6)15-5-14-7/h1-3,9H,4-5H2,(H3,11,12,13). The Morgan fingerprint density at radius 2 is 2.25 bits per heavy atom. The maximum Gasteiger partial charge on any atom is 0.231 e. The van der Waals surface area contributed by atoms with Crippen LogP contribution in [0.4, 0.5) is 0 Å². The van der Waals surface area contributed by atoms with E-state index < -0.39 is 0 Å².